The zero-order valence-corrected chi connectivity index (χ0v) is 38.8. The van der Waals surface area contributed by atoms with Crippen LogP contribution in [-0.4, -0.2) is 20.4 Å². The van der Waals surface area contributed by atoms with Crippen LogP contribution in [0.15, 0.2) is 243 Å². The number of benzene rings is 8. The summed E-state index contributed by atoms with van der Waals surface area (Å²) in [7, 11) is -17.3. The van der Waals surface area contributed by atoms with Crippen molar-refractivity contribution in [2.75, 3.05) is 0 Å². The summed E-state index contributed by atoms with van der Waals surface area (Å²) >= 11 is 0. The Kier molecular flexibility index (Phi) is 13.4. The van der Waals surface area contributed by atoms with Crippen molar-refractivity contribution < 1.29 is 28.5 Å². The van der Waals surface area contributed by atoms with E-state index in [-0.39, 0.29) is 25.7 Å². The van der Waals surface area contributed by atoms with E-state index in [2.05, 4.69) is 0 Å². The summed E-state index contributed by atoms with van der Waals surface area (Å²) < 4.78 is 66.9. The Labute approximate surface area is 376 Å². The summed E-state index contributed by atoms with van der Waals surface area (Å²) in [5.41, 5.74) is 0. The van der Waals surface area contributed by atoms with E-state index in [1.165, 1.54) is 0 Å². The van der Waals surface area contributed by atoms with Gasteiger partial charge in [0.25, 0.3) is 0 Å². The molecule has 0 heterocycles. The van der Waals surface area contributed by atoms with Gasteiger partial charge in [-0.2, -0.15) is 0 Å². The molecule has 64 heavy (non-hydrogen) atoms. The Hall–Kier alpha value is -5.40. The Morgan fingerprint density at radius 2 is 0.375 bits per heavy atom. The van der Waals surface area contributed by atoms with Crippen LogP contribution in [0, 0.1) is 0 Å². The largest absolute Gasteiger partial charge is 0.374 e. The van der Waals surface area contributed by atoms with Gasteiger partial charge >= 0.3 is 0 Å². The van der Waals surface area contributed by atoms with Gasteiger partial charge in [0, 0.05) is 42.4 Å². The standard InChI is InChI=1S/C54H50O6P4/c55-53(61(57,45-27-9-1-10-28-45)46-29-11-2-12-30-46,62(58,47-31-13-3-14-32-47)48-33-15-4-16-34-48)43-25-26-44-54(56,63(59,49-35-17-5-18-36-49)50-37-19-6-20-38-50)64(60,51-39-21-7-22-40-51)52-41-23-8-24-42-52/h1-24,27-42,55-56H,25-26,43-44H2. The molecule has 8 aromatic rings. The summed E-state index contributed by atoms with van der Waals surface area (Å²) in [4.78, 5) is 0. The van der Waals surface area contributed by atoms with Crippen molar-refractivity contribution in [1.82, 2.24) is 0 Å². The van der Waals surface area contributed by atoms with Gasteiger partial charge in [-0.05, 0) is 25.7 Å². The van der Waals surface area contributed by atoms with Crippen LogP contribution in [0.4, 0.5) is 0 Å². The van der Waals surface area contributed by atoms with E-state index in [1.807, 2.05) is 48.5 Å². The molecular weight excluding hydrogens is 868 g/mol. The molecule has 0 unspecified atom stereocenters. The maximum absolute atomic E-state index is 16.7. The third-order valence-corrected chi connectivity index (χ3v) is 28.8. The third kappa shape index (κ3) is 7.61. The normalized spacial score (nSPS) is 12.7. The first kappa shape index (κ1) is 45.2. The highest BCUT2D eigenvalue weighted by Crippen LogP contribution is 2.76. The van der Waals surface area contributed by atoms with Crippen LogP contribution < -0.4 is 42.4 Å². The van der Waals surface area contributed by atoms with Crippen LogP contribution >= 0.6 is 28.6 Å². The maximum atomic E-state index is 16.7. The molecule has 0 aliphatic heterocycles. The summed E-state index contributed by atoms with van der Waals surface area (Å²) in [6.45, 7) is 0. The van der Waals surface area contributed by atoms with Gasteiger partial charge in [0.05, 0.1) is 0 Å². The van der Waals surface area contributed by atoms with Crippen molar-refractivity contribution in [3.8, 4) is 0 Å². The molecule has 0 amide bonds. The summed E-state index contributed by atoms with van der Waals surface area (Å²) in [5.74, 6) is 0. The first-order valence-corrected chi connectivity index (χ1v) is 28.2. The lowest BCUT2D eigenvalue weighted by Gasteiger charge is -2.44. The second-order valence-corrected chi connectivity index (χ2v) is 28.5. The molecule has 10 heteroatoms. The maximum Gasteiger partial charge on any atom is 0.185 e. The van der Waals surface area contributed by atoms with Crippen LogP contribution in [0.3, 0.4) is 0 Å². The average Bonchev–Trinajstić information content (AvgIpc) is 3.38. The second kappa shape index (κ2) is 19.0. The molecule has 8 rings (SSSR count). The molecule has 0 atom stereocenters. The first-order chi connectivity index (χ1) is 31.0. The van der Waals surface area contributed by atoms with Crippen LogP contribution in [0.2, 0.25) is 0 Å². The minimum atomic E-state index is -4.32. The highest BCUT2D eigenvalue weighted by Gasteiger charge is 2.63. The number of rotatable bonds is 17. The minimum Gasteiger partial charge on any atom is -0.374 e. The monoisotopic (exact) mass is 918 g/mol. The van der Waals surface area contributed by atoms with Crippen molar-refractivity contribution >= 4 is 71.0 Å². The Bertz CT molecular complexity index is 2390. The lowest BCUT2D eigenvalue weighted by molar-refractivity contribution is 0.174. The van der Waals surface area contributed by atoms with Crippen molar-refractivity contribution in [2.45, 2.75) is 35.8 Å². The predicted octanol–water partition coefficient (Wildman–Crippen LogP) is 9.90. The molecule has 0 aliphatic rings. The van der Waals surface area contributed by atoms with Gasteiger partial charge in [-0.15, -0.1) is 0 Å². The smallest absolute Gasteiger partial charge is 0.185 e. The average molecular weight is 919 g/mol. The lowest BCUT2D eigenvalue weighted by Crippen LogP contribution is -2.45. The third-order valence-electron chi connectivity index (χ3n) is 12.3. The summed E-state index contributed by atoms with van der Waals surface area (Å²) in [6.07, 6.45) is -0.459. The number of aliphatic hydroxyl groups is 2. The minimum absolute atomic E-state index is 0.0410. The van der Waals surface area contributed by atoms with E-state index in [1.54, 1.807) is 194 Å². The molecule has 6 nitrogen and oxygen atoms in total. The fourth-order valence-corrected chi connectivity index (χ4v) is 26.2. The van der Waals surface area contributed by atoms with Gasteiger partial charge in [-0.25, -0.2) is 0 Å². The van der Waals surface area contributed by atoms with Gasteiger partial charge in [0.15, 0.2) is 38.7 Å². The number of hydrogen-bond acceptors (Lipinski definition) is 6. The van der Waals surface area contributed by atoms with Crippen LogP contribution in [-0.2, 0) is 18.3 Å². The van der Waals surface area contributed by atoms with E-state index in [0.717, 1.165) is 0 Å². The molecule has 0 saturated carbocycles. The Morgan fingerprint density at radius 1 is 0.250 bits per heavy atom. The van der Waals surface area contributed by atoms with Crippen LogP contribution in [0.25, 0.3) is 0 Å². The lowest BCUT2D eigenvalue weighted by atomic mass is 10.2. The van der Waals surface area contributed by atoms with Gasteiger partial charge in [-0.3, -0.25) is 0 Å². The molecule has 0 radical (unpaired) electrons. The van der Waals surface area contributed by atoms with Crippen molar-refractivity contribution in [1.29, 1.82) is 0 Å². The topological polar surface area (TPSA) is 109 Å². The van der Waals surface area contributed by atoms with E-state index in [9.17, 15) is 10.2 Å². The van der Waals surface area contributed by atoms with Crippen molar-refractivity contribution in [3.63, 3.8) is 0 Å². The quantitative estimate of drug-likeness (QED) is 0.0696. The molecule has 8 aromatic carbocycles. The summed E-state index contributed by atoms with van der Waals surface area (Å²) in [5, 5.41) is 25.9. The Balaban J connectivity index is 1.34. The zero-order chi connectivity index (χ0) is 44.7. The first-order valence-electron chi connectivity index (χ1n) is 21.4. The fourth-order valence-electron chi connectivity index (χ4n) is 9.10. The predicted molar refractivity (Wildman–Crippen MR) is 267 cm³/mol. The van der Waals surface area contributed by atoms with Crippen molar-refractivity contribution in [3.05, 3.63) is 243 Å². The van der Waals surface area contributed by atoms with E-state index < -0.39 is 38.7 Å². The van der Waals surface area contributed by atoms with E-state index in [0.29, 0.717) is 42.4 Å². The molecule has 0 saturated heterocycles. The van der Waals surface area contributed by atoms with Gasteiger partial charge in [-0.1, -0.05) is 243 Å². The zero-order valence-electron chi connectivity index (χ0n) is 35.2. The second-order valence-electron chi connectivity index (χ2n) is 15.9. The van der Waals surface area contributed by atoms with E-state index >= 15 is 18.3 Å². The van der Waals surface area contributed by atoms with E-state index in [4.69, 9.17) is 0 Å². The number of hydrogen-bond donors (Lipinski definition) is 2. The van der Waals surface area contributed by atoms with Gasteiger partial charge < -0.3 is 28.5 Å². The SMILES string of the molecule is O=P(c1ccccc1)(c1ccccc1)C(O)(CCCCC(O)(P(=O)(c1ccccc1)c1ccccc1)P(=O)(c1ccccc1)c1ccccc1)P(=O)(c1ccccc1)c1ccccc1. The fraction of sp³-hybridized carbons (Fsp3) is 0.111. The molecule has 0 aromatic heterocycles. The number of unbranched alkanes of at least 4 members (excludes halogenated alkanes) is 1. The molecule has 0 fully saturated rings. The molecule has 0 aliphatic carbocycles. The highest BCUT2D eigenvalue weighted by molar-refractivity contribution is 7.96. The highest BCUT2D eigenvalue weighted by atomic mass is 31.2. The Morgan fingerprint density at radius 3 is 0.500 bits per heavy atom. The van der Waals surface area contributed by atoms with Crippen molar-refractivity contribution in [2.24, 2.45) is 0 Å². The molecule has 0 spiro atoms. The summed E-state index contributed by atoms with van der Waals surface area (Å²) in [6, 6.07) is 70.0. The van der Waals surface area contributed by atoms with Gasteiger partial charge in [0.2, 0.25) is 0 Å². The van der Waals surface area contributed by atoms with Crippen LogP contribution in [0.1, 0.15) is 25.7 Å². The molecular formula is C54H50O6P4. The molecule has 322 valence electrons. The van der Waals surface area contributed by atoms with Gasteiger partial charge in [0.1, 0.15) is 0 Å². The van der Waals surface area contributed by atoms with Crippen LogP contribution in [0.5, 0.6) is 0 Å². The molecule has 2 N–H and O–H groups in total. The molecule has 0 bridgehead atoms.